The lowest BCUT2D eigenvalue weighted by atomic mass is 10.3. The number of hydrogen-bond donors (Lipinski definition) is 0. The van der Waals surface area contributed by atoms with E-state index in [0.717, 1.165) is 10.6 Å². The Hall–Kier alpha value is -1.84. The molecule has 0 bridgehead atoms. The van der Waals surface area contributed by atoms with Crippen molar-refractivity contribution in [1.29, 1.82) is 0 Å². The van der Waals surface area contributed by atoms with E-state index >= 15 is 0 Å². The largest absolute Gasteiger partial charge is 0.269 e. The monoisotopic (exact) mass is 311 g/mol. The molecule has 2 aromatic rings. The summed E-state index contributed by atoms with van der Waals surface area (Å²) in [5.41, 5.74) is 2.34. The Morgan fingerprint density at radius 3 is 2.55 bits per heavy atom. The highest BCUT2D eigenvalue weighted by molar-refractivity contribution is 7.89. The lowest BCUT2D eigenvalue weighted by molar-refractivity contribution is -0.384. The van der Waals surface area contributed by atoms with Gasteiger partial charge in [0, 0.05) is 17.0 Å². The third kappa shape index (κ3) is 2.09. The van der Waals surface area contributed by atoms with E-state index in [1.165, 1.54) is 39.9 Å². The summed E-state index contributed by atoms with van der Waals surface area (Å²) in [4.78, 5) is 15.1. The number of non-ortho nitro benzene ring substituents is 1. The van der Waals surface area contributed by atoms with Crippen molar-refractivity contribution in [3.05, 3.63) is 50.5 Å². The summed E-state index contributed by atoms with van der Waals surface area (Å²) in [5, 5.41) is 10.6. The zero-order chi connectivity index (χ0) is 14.3. The van der Waals surface area contributed by atoms with Crippen LogP contribution in [-0.2, 0) is 23.1 Å². The number of aromatic nitrogens is 1. The highest BCUT2D eigenvalue weighted by Crippen LogP contribution is 2.30. The molecule has 0 saturated heterocycles. The first-order valence-corrected chi connectivity index (χ1v) is 7.96. The van der Waals surface area contributed by atoms with Gasteiger partial charge in [-0.2, -0.15) is 4.31 Å². The second-order valence-electron chi connectivity index (χ2n) is 4.25. The maximum Gasteiger partial charge on any atom is 0.269 e. The first kappa shape index (κ1) is 13.2. The van der Waals surface area contributed by atoms with Crippen molar-refractivity contribution >= 4 is 27.0 Å². The van der Waals surface area contributed by atoms with Gasteiger partial charge in [0.25, 0.3) is 5.69 Å². The lowest BCUT2D eigenvalue weighted by Gasteiger charge is -2.15. The van der Waals surface area contributed by atoms with Gasteiger partial charge < -0.3 is 0 Å². The number of sulfonamides is 1. The van der Waals surface area contributed by atoms with Crippen LogP contribution in [0.3, 0.4) is 0 Å². The van der Waals surface area contributed by atoms with Gasteiger partial charge in [-0.05, 0) is 12.1 Å². The summed E-state index contributed by atoms with van der Waals surface area (Å²) < 4.78 is 26.2. The molecule has 9 heteroatoms. The Morgan fingerprint density at radius 1 is 1.25 bits per heavy atom. The Balaban J connectivity index is 1.89. The SMILES string of the molecule is O=[N+]([O-])c1ccc(S(=O)(=O)N2Cc3ncsc3C2)cc1. The summed E-state index contributed by atoms with van der Waals surface area (Å²) in [6.07, 6.45) is 0. The smallest absolute Gasteiger partial charge is 0.258 e. The molecule has 0 atom stereocenters. The first-order valence-electron chi connectivity index (χ1n) is 5.64. The van der Waals surface area contributed by atoms with Crippen LogP contribution >= 0.6 is 11.3 Å². The van der Waals surface area contributed by atoms with Crippen LogP contribution in [0.4, 0.5) is 5.69 Å². The molecule has 3 rings (SSSR count). The molecule has 0 amide bonds. The van der Waals surface area contributed by atoms with Gasteiger partial charge >= 0.3 is 0 Å². The van der Waals surface area contributed by atoms with E-state index in [4.69, 9.17) is 0 Å². The zero-order valence-electron chi connectivity index (χ0n) is 10.1. The van der Waals surface area contributed by atoms with Crippen molar-refractivity contribution in [2.24, 2.45) is 0 Å². The predicted molar refractivity (Wildman–Crippen MR) is 71.6 cm³/mol. The van der Waals surface area contributed by atoms with E-state index in [1.807, 2.05) is 0 Å². The van der Waals surface area contributed by atoms with Crippen LogP contribution in [0.1, 0.15) is 10.6 Å². The maximum absolute atomic E-state index is 12.4. The van der Waals surface area contributed by atoms with Gasteiger partial charge in [0.1, 0.15) is 0 Å². The van der Waals surface area contributed by atoms with Crippen molar-refractivity contribution in [3.63, 3.8) is 0 Å². The molecular formula is C11H9N3O4S2. The van der Waals surface area contributed by atoms with Crippen LogP contribution in [0.25, 0.3) is 0 Å². The number of nitrogens with zero attached hydrogens (tertiary/aromatic N) is 3. The van der Waals surface area contributed by atoms with E-state index in [2.05, 4.69) is 4.98 Å². The minimum Gasteiger partial charge on any atom is -0.258 e. The standard InChI is InChI=1S/C11H9N3O4S2/c15-14(16)8-1-3-9(4-2-8)20(17,18)13-5-10-11(6-13)19-7-12-10/h1-4,7H,5-6H2. The van der Waals surface area contributed by atoms with E-state index in [0.29, 0.717) is 6.54 Å². The maximum atomic E-state index is 12.4. The molecule has 1 aliphatic rings. The average Bonchev–Trinajstić information content (AvgIpc) is 2.99. The van der Waals surface area contributed by atoms with Gasteiger partial charge in [-0.1, -0.05) is 0 Å². The van der Waals surface area contributed by atoms with Crippen molar-refractivity contribution in [3.8, 4) is 0 Å². The molecule has 0 unspecified atom stereocenters. The first-order chi connectivity index (χ1) is 9.48. The van der Waals surface area contributed by atoms with Gasteiger partial charge in [0.15, 0.2) is 0 Å². The number of thiazole rings is 1. The minimum absolute atomic E-state index is 0.0539. The summed E-state index contributed by atoms with van der Waals surface area (Å²) in [6, 6.07) is 4.90. The lowest BCUT2D eigenvalue weighted by Crippen LogP contribution is -2.25. The summed E-state index contributed by atoms with van der Waals surface area (Å²) in [7, 11) is -3.64. The summed E-state index contributed by atoms with van der Waals surface area (Å²) in [5.74, 6) is 0. The molecule has 0 aliphatic carbocycles. The highest BCUT2D eigenvalue weighted by atomic mass is 32.2. The van der Waals surface area contributed by atoms with Gasteiger partial charge in [0.05, 0.1) is 34.1 Å². The quantitative estimate of drug-likeness (QED) is 0.636. The van der Waals surface area contributed by atoms with Crippen LogP contribution in [0, 0.1) is 10.1 Å². The van der Waals surface area contributed by atoms with E-state index in [1.54, 1.807) is 5.51 Å². The Labute approximate surface area is 118 Å². The van der Waals surface area contributed by atoms with Crippen LogP contribution in [0.15, 0.2) is 34.7 Å². The topological polar surface area (TPSA) is 93.4 Å². The molecular weight excluding hydrogens is 302 g/mol. The third-order valence-corrected chi connectivity index (χ3v) is 5.72. The molecule has 0 fully saturated rings. The summed E-state index contributed by atoms with van der Waals surface area (Å²) >= 11 is 1.43. The van der Waals surface area contributed by atoms with Crippen molar-refractivity contribution < 1.29 is 13.3 Å². The van der Waals surface area contributed by atoms with E-state index in [-0.39, 0.29) is 17.1 Å². The average molecular weight is 311 g/mol. The van der Waals surface area contributed by atoms with Crippen molar-refractivity contribution in [2.45, 2.75) is 18.0 Å². The third-order valence-electron chi connectivity index (χ3n) is 3.06. The van der Waals surface area contributed by atoms with Crippen LogP contribution in [-0.4, -0.2) is 22.6 Å². The number of hydrogen-bond acceptors (Lipinski definition) is 6. The fourth-order valence-corrected chi connectivity index (χ4v) is 4.24. The second kappa shape index (κ2) is 4.62. The molecule has 0 saturated carbocycles. The van der Waals surface area contributed by atoms with Crippen LogP contribution < -0.4 is 0 Å². The molecule has 0 spiro atoms. The van der Waals surface area contributed by atoms with Gasteiger partial charge in [-0.3, -0.25) is 10.1 Å². The predicted octanol–water partition coefficient (Wildman–Crippen LogP) is 1.76. The Bertz CT molecular complexity index is 747. The number of nitro benzene ring substituents is 1. The van der Waals surface area contributed by atoms with E-state index in [9.17, 15) is 18.5 Å². The van der Waals surface area contributed by atoms with Crippen molar-refractivity contribution in [1.82, 2.24) is 9.29 Å². The fraction of sp³-hybridized carbons (Fsp3) is 0.182. The fourth-order valence-electron chi connectivity index (χ4n) is 1.99. The van der Waals surface area contributed by atoms with Crippen molar-refractivity contribution in [2.75, 3.05) is 0 Å². The van der Waals surface area contributed by atoms with Crippen LogP contribution in [0.2, 0.25) is 0 Å². The van der Waals surface area contributed by atoms with E-state index < -0.39 is 14.9 Å². The molecule has 1 aliphatic heterocycles. The molecule has 0 N–H and O–H groups in total. The number of rotatable bonds is 3. The summed E-state index contributed by atoms with van der Waals surface area (Å²) in [6.45, 7) is 0.553. The zero-order valence-corrected chi connectivity index (χ0v) is 11.7. The number of benzene rings is 1. The second-order valence-corrected chi connectivity index (χ2v) is 7.12. The molecule has 104 valence electrons. The minimum atomic E-state index is -3.64. The molecule has 7 nitrogen and oxygen atoms in total. The molecule has 0 radical (unpaired) electrons. The normalized spacial score (nSPS) is 15.2. The molecule has 1 aromatic carbocycles. The van der Waals surface area contributed by atoms with Crippen LogP contribution in [0.5, 0.6) is 0 Å². The Kier molecular flexibility index (Phi) is 3.04. The highest BCUT2D eigenvalue weighted by Gasteiger charge is 2.32. The van der Waals surface area contributed by atoms with Gasteiger partial charge in [-0.15, -0.1) is 11.3 Å². The van der Waals surface area contributed by atoms with Gasteiger partial charge in [0.2, 0.25) is 10.0 Å². The molecule has 2 heterocycles. The number of fused-ring (bicyclic) bond motifs is 1. The Morgan fingerprint density at radius 2 is 1.95 bits per heavy atom. The molecule has 20 heavy (non-hydrogen) atoms. The number of nitro groups is 1. The van der Waals surface area contributed by atoms with Gasteiger partial charge in [-0.25, -0.2) is 13.4 Å². The molecule has 1 aromatic heterocycles.